The molecule has 43 heavy (non-hydrogen) atoms. The predicted molar refractivity (Wildman–Crippen MR) is 152 cm³/mol. The Hall–Kier alpha value is -5.10. The third-order valence-corrected chi connectivity index (χ3v) is 7.41. The predicted octanol–water partition coefficient (Wildman–Crippen LogP) is 4.16. The Bertz CT molecular complexity index is 1710. The van der Waals surface area contributed by atoms with Gasteiger partial charge < -0.3 is 29.7 Å². The minimum Gasteiger partial charge on any atom is -0.497 e. The van der Waals surface area contributed by atoms with Crippen molar-refractivity contribution in [3.63, 3.8) is 0 Å². The van der Waals surface area contributed by atoms with E-state index in [0.29, 0.717) is 28.4 Å². The number of benzene rings is 3. The topological polar surface area (TPSA) is 117 Å². The summed E-state index contributed by atoms with van der Waals surface area (Å²) in [6.07, 6.45) is -0.513. The first-order chi connectivity index (χ1) is 20.7. The lowest BCUT2D eigenvalue weighted by molar-refractivity contribution is 0.00590. The Morgan fingerprint density at radius 1 is 1.00 bits per heavy atom. The van der Waals surface area contributed by atoms with Crippen LogP contribution in [0.1, 0.15) is 32.0 Å². The smallest absolute Gasteiger partial charge is 0.260 e. The number of aliphatic hydroxyl groups is 1. The highest BCUT2D eigenvalue weighted by atomic mass is 19.1. The second-order valence-electron chi connectivity index (χ2n) is 10.2. The lowest BCUT2D eigenvalue weighted by Gasteiger charge is -2.35. The number of likely N-dealkylation sites (tertiary alicyclic amines) is 1. The van der Waals surface area contributed by atoms with E-state index in [1.807, 2.05) is 0 Å². The van der Waals surface area contributed by atoms with E-state index in [9.17, 15) is 23.5 Å². The third-order valence-electron chi connectivity index (χ3n) is 7.41. The van der Waals surface area contributed by atoms with Crippen LogP contribution < -0.4 is 14.8 Å². The number of nitrogens with zero attached hydrogens (tertiary/aromatic N) is 4. The Balaban J connectivity index is 1.34. The summed E-state index contributed by atoms with van der Waals surface area (Å²) in [5.74, 6) is -1.28. The van der Waals surface area contributed by atoms with Crippen LogP contribution >= 0.6 is 0 Å². The lowest BCUT2D eigenvalue weighted by Crippen LogP contribution is -2.53. The number of anilines is 2. The van der Waals surface area contributed by atoms with Crippen molar-refractivity contribution in [1.82, 2.24) is 19.8 Å². The number of aromatic nitrogens is 2. The summed E-state index contributed by atoms with van der Waals surface area (Å²) < 4.78 is 40.3. The lowest BCUT2D eigenvalue weighted by atomic mass is 10.1. The van der Waals surface area contributed by atoms with E-state index < -0.39 is 23.3 Å². The molecule has 12 heteroatoms. The fourth-order valence-electron chi connectivity index (χ4n) is 5.12. The second kappa shape index (κ2) is 11.3. The molecule has 4 aromatic rings. The number of carbonyl (C=O) groups excluding carboxylic acids is 2. The molecule has 1 fully saturated rings. The van der Waals surface area contributed by atoms with Gasteiger partial charge in [0.25, 0.3) is 11.8 Å². The SMILES string of the molecule is COc1ccc(CN2Cc3nc(-c4c(F)cccc4F)nc(Nc4ccc(C(=O)N5CC(O)C5)cc4)c3C2=O)c(OC)c1. The molecule has 1 aromatic heterocycles. The molecule has 0 atom stereocenters. The standard InChI is InChI=1S/C31H27F2N5O5/c1-42-21-11-8-18(25(12-21)43-2)13-37-16-24-27(31(37)41)29(36-28(35-24)26-22(32)4-3-5-23(26)33)34-19-9-6-17(7-10-19)30(40)38-14-20(39)15-38/h3-12,20,39H,13-16H2,1-2H3,(H,34,35,36). The second-order valence-corrected chi connectivity index (χ2v) is 10.2. The maximum Gasteiger partial charge on any atom is 0.260 e. The highest BCUT2D eigenvalue weighted by Gasteiger charge is 2.35. The van der Waals surface area contributed by atoms with E-state index >= 15 is 0 Å². The van der Waals surface area contributed by atoms with Crippen molar-refractivity contribution in [3.05, 3.63) is 94.7 Å². The summed E-state index contributed by atoms with van der Waals surface area (Å²) in [6, 6.07) is 15.2. The number of amides is 2. The average molecular weight is 588 g/mol. The summed E-state index contributed by atoms with van der Waals surface area (Å²) in [5.41, 5.74) is 1.70. The molecular weight excluding hydrogens is 560 g/mol. The molecule has 2 amide bonds. The highest BCUT2D eigenvalue weighted by molar-refractivity contribution is 6.03. The minimum atomic E-state index is -0.839. The van der Waals surface area contributed by atoms with Gasteiger partial charge in [0.2, 0.25) is 0 Å². The van der Waals surface area contributed by atoms with Crippen LogP contribution in [0.15, 0.2) is 60.7 Å². The van der Waals surface area contributed by atoms with Crippen molar-refractivity contribution in [1.29, 1.82) is 0 Å². The molecule has 6 rings (SSSR count). The van der Waals surface area contributed by atoms with Crippen LogP contribution in [0, 0.1) is 11.6 Å². The molecule has 0 aliphatic carbocycles. The van der Waals surface area contributed by atoms with Gasteiger partial charge in [0.15, 0.2) is 5.82 Å². The van der Waals surface area contributed by atoms with Gasteiger partial charge in [-0.3, -0.25) is 9.59 Å². The summed E-state index contributed by atoms with van der Waals surface area (Å²) in [5, 5.41) is 12.6. The molecule has 2 aliphatic rings. The summed E-state index contributed by atoms with van der Waals surface area (Å²) in [6.45, 7) is 0.802. The average Bonchev–Trinajstić information content (AvgIpc) is 3.30. The van der Waals surface area contributed by atoms with Crippen molar-refractivity contribution in [2.75, 3.05) is 32.6 Å². The molecule has 10 nitrogen and oxygen atoms in total. The molecule has 220 valence electrons. The van der Waals surface area contributed by atoms with Crippen molar-refractivity contribution in [2.45, 2.75) is 19.2 Å². The fraction of sp³-hybridized carbons (Fsp3) is 0.226. The molecular formula is C31H27F2N5O5. The van der Waals surface area contributed by atoms with Gasteiger partial charge in [-0.1, -0.05) is 6.07 Å². The van der Waals surface area contributed by atoms with Crippen molar-refractivity contribution in [2.24, 2.45) is 0 Å². The Kier molecular flexibility index (Phi) is 7.36. The van der Waals surface area contributed by atoms with Crippen LogP contribution in [-0.4, -0.2) is 70.1 Å². The zero-order valence-electron chi connectivity index (χ0n) is 23.3. The Morgan fingerprint density at radius 2 is 1.72 bits per heavy atom. The number of fused-ring (bicyclic) bond motifs is 1. The number of nitrogens with one attached hydrogen (secondary N) is 1. The van der Waals surface area contributed by atoms with E-state index in [1.54, 1.807) is 54.5 Å². The van der Waals surface area contributed by atoms with E-state index in [1.165, 1.54) is 18.1 Å². The molecule has 3 heterocycles. The van der Waals surface area contributed by atoms with Crippen LogP contribution in [0.2, 0.25) is 0 Å². The number of hydrogen-bond acceptors (Lipinski definition) is 8. The fourth-order valence-corrected chi connectivity index (χ4v) is 5.12. The first-order valence-corrected chi connectivity index (χ1v) is 13.5. The van der Waals surface area contributed by atoms with Crippen LogP contribution in [0.3, 0.4) is 0 Å². The summed E-state index contributed by atoms with van der Waals surface area (Å²) in [7, 11) is 3.06. The van der Waals surface area contributed by atoms with Crippen LogP contribution in [0.25, 0.3) is 11.4 Å². The molecule has 0 radical (unpaired) electrons. The first kappa shape index (κ1) is 28.0. The van der Waals surface area contributed by atoms with Crippen LogP contribution in [0.5, 0.6) is 11.5 Å². The Morgan fingerprint density at radius 3 is 2.37 bits per heavy atom. The van der Waals surface area contributed by atoms with Gasteiger partial charge in [-0.25, -0.2) is 18.7 Å². The minimum absolute atomic E-state index is 0.0682. The normalized spacial score (nSPS) is 14.4. The zero-order chi connectivity index (χ0) is 30.2. The maximum atomic E-state index is 14.8. The Labute approximate surface area is 245 Å². The van der Waals surface area contributed by atoms with E-state index in [4.69, 9.17) is 9.47 Å². The van der Waals surface area contributed by atoms with Crippen LogP contribution in [0.4, 0.5) is 20.3 Å². The van der Waals surface area contributed by atoms with E-state index in [2.05, 4.69) is 15.3 Å². The van der Waals surface area contributed by atoms with E-state index in [-0.39, 0.29) is 55.2 Å². The van der Waals surface area contributed by atoms with Gasteiger partial charge in [-0.15, -0.1) is 0 Å². The van der Waals surface area contributed by atoms with Crippen LogP contribution in [-0.2, 0) is 13.1 Å². The summed E-state index contributed by atoms with van der Waals surface area (Å²) >= 11 is 0. The molecule has 0 bridgehead atoms. The molecule has 2 aliphatic heterocycles. The molecule has 3 aromatic carbocycles. The highest BCUT2D eigenvalue weighted by Crippen LogP contribution is 2.35. The quantitative estimate of drug-likeness (QED) is 0.316. The summed E-state index contributed by atoms with van der Waals surface area (Å²) in [4.78, 5) is 38.2. The van der Waals surface area contributed by atoms with Crippen molar-refractivity contribution >= 4 is 23.3 Å². The number of hydrogen-bond donors (Lipinski definition) is 2. The third kappa shape index (κ3) is 5.32. The van der Waals surface area contributed by atoms with Gasteiger partial charge in [0.1, 0.15) is 34.5 Å². The van der Waals surface area contributed by atoms with Crippen molar-refractivity contribution < 1.29 is 33.0 Å². The first-order valence-electron chi connectivity index (χ1n) is 13.5. The van der Waals surface area contributed by atoms with Crippen molar-refractivity contribution in [3.8, 4) is 22.9 Å². The number of rotatable bonds is 8. The number of β-amino-alcohol motifs (C(OH)–C–C–N with tert-alkyl or cyclic N) is 1. The maximum absolute atomic E-state index is 14.8. The monoisotopic (exact) mass is 587 g/mol. The van der Waals surface area contributed by atoms with E-state index in [0.717, 1.165) is 17.7 Å². The largest absolute Gasteiger partial charge is 0.497 e. The van der Waals surface area contributed by atoms with Gasteiger partial charge in [0.05, 0.1) is 44.7 Å². The number of methoxy groups -OCH3 is 2. The number of carbonyl (C=O) groups is 2. The molecule has 0 unspecified atom stereocenters. The molecule has 2 N–H and O–H groups in total. The zero-order valence-corrected chi connectivity index (χ0v) is 23.3. The van der Waals surface area contributed by atoms with Gasteiger partial charge in [-0.2, -0.15) is 0 Å². The van der Waals surface area contributed by atoms with Gasteiger partial charge in [-0.05, 0) is 48.5 Å². The number of ether oxygens (including phenoxy) is 2. The number of halogens is 2. The molecule has 1 saturated heterocycles. The number of aliphatic hydroxyl groups excluding tert-OH is 1. The molecule has 0 spiro atoms. The van der Waals surface area contributed by atoms with Gasteiger partial charge >= 0.3 is 0 Å². The van der Waals surface area contributed by atoms with Gasteiger partial charge in [0, 0.05) is 36.0 Å². The molecule has 0 saturated carbocycles.